The van der Waals surface area contributed by atoms with Gasteiger partial charge in [0.1, 0.15) is 0 Å². The van der Waals surface area contributed by atoms with E-state index in [9.17, 15) is 13.6 Å². The molecule has 3 rings (SSSR count). The molecule has 136 valence electrons. The Labute approximate surface area is 160 Å². The van der Waals surface area contributed by atoms with Gasteiger partial charge in [-0.1, -0.05) is 24.3 Å². The number of rotatable bonds is 5. The first-order chi connectivity index (χ1) is 12.0. The molecule has 0 atom stereocenters. The van der Waals surface area contributed by atoms with Gasteiger partial charge in [-0.05, 0) is 12.1 Å². The normalized spacial score (nSPS) is 9.92. The number of pyridine rings is 2. The van der Waals surface area contributed by atoms with Gasteiger partial charge in [0.25, 0.3) is 0 Å². The summed E-state index contributed by atoms with van der Waals surface area (Å²) in [6, 6.07) is 11.6. The molecule has 0 saturated heterocycles. The Balaban J connectivity index is 0.00000243. The summed E-state index contributed by atoms with van der Waals surface area (Å²) in [5.74, 6) is -4.34. The Morgan fingerprint density at radius 1 is 1.00 bits per heavy atom. The third-order valence-corrected chi connectivity index (χ3v) is 2.91. The van der Waals surface area contributed by atoms with Crippen molar-refractivity contribution in [3.05, 3.63) is 72.1 Å². The number of carboxylic acid groups (broad SMARTS) is 1. The molecule has 26 heavy (non-hydrogen) atoms. The first kappa shape index (κ1) is 19.5. The minimum Gasteiger partial charge on any atom is -0.477 e. The predicted molar refractivity (Wildman–Crippen MR) is 80.8 cm³/mol. The van der Waals surface area contributed by atoms with Crippen LogP contribution in [0.4, 0.5) is 8.78 Å². The number of halogens is 2. The van der Waals surface area contributed by atoms with Gasteiger partial charge in [0.15, 0.2) is 5.69 Å². The van der Waals surface area contributed by atoms with Crippen molar-refractivity contribution in [2.75, 3.05) is 0 Å². The van der Waals surface area contributed by atoms with Crippen molar-refractivity contribution in [1.82, 2.24) is 9.97 Å². The molecule has 2 heterocycles. The van der Waals surface area contributed by atoms with Gasteiger partial charge in [0, 0.05) is 39.4 Å². The van der Waals surface area contributed by atoms with Gasteiger partial charge in [-0.3, -0.25) is 8.78 Å². The standard InChI is InChI=1S/C17H9F2N2O4.Pt/c18-10-8-11(19)14(9-13(10)24-15-5-1-2-7-20-15)25-16-6-3-4-12(21-16)17(22)23;/h1-8H,(H,22,23);/q-1;. The van der Waals surface area contributed by atoms with E-state index in [4.69, 9.17) is 14.6 Å². The molecule has 6 nitrogen and oxygen atoms in total. The number of ether oxygens (including phenoxy) is 2. The molecular formula is C17H9F2N2O4Pt-. The van der Waals surface area contributed by atoms with Crippen LogP contribution in [0.3, 0.4) is 0 Å². The van der Waals surface area contributed by atoms with Crippen LogP contribution in [0.15, 0.2) is 48.7 Å². The van der Waals surface area contributed by atoms with E-state index in [-0.39, 0.29) is 38.5 Å². The molecule has 0 aliphatic rings. The van der Waals surface area contributed by atoms with Crippen LogP contribution in [-0.4, -0.2) is 21.0 Å². The Hall–Kier alpha value is -2.86. The second-order valence-electron chi connectivity index (χ2n) is 4.66. The first-order valence-corrected chi connectivity index (χ1v) is 6.91. The van der Waals surface area contributed by atoms with Gasteiger partial charge in [-0.15, -0.1) is 0 Å². The number of nitrogens with zero attached hydrogens (tertiary/aromatic N) is 2. The number of benzene rings is 1. The second kappa shape index (κ2) is 8.49. The van der Waals surface area contributed by atoms with Gasteiger partial charge < -0.3 is 14.6 Å². The summed E-state index contributed by atoms with van der Waals surface area (Å²) in [6.45, 7) is 0. The van der Waals surface area contributed by atoms with E-state index in [1.807, 2.05) is 0 Å². The monoisotopic (exact) mass is 538 g/mol. The van der Waals surface area contributed by atoms with Crippen molar-refractivity contribution >= 4 is 5.97 Å². The Bertz CT molecular complexity index is 926. The van der Waals surface area contributed by atoms with Crippen LogP contribution in [0.2, 0.25) is 0 Å². The molecule has 0 radical (unpaired) electrons. The van der Waals surface area contributed by atoms with Crippen LogP contribution in [0, 0.1) is 17.7 Å². The van der Waals surface area contributed by atoms with Crippen LogP contribution >= 0.6 is 0 Å². The number of aromatic carboxylic acids is 1. The smallest absolute Gasteiger partial charge is 0.354 e. The zero-order valence-electron chi connectivity index (χ0n) is 12.8. The molecule has 1 N–H and O–H groups in total. The molecule has 0 saturated carbocycles. The largest absolute Gasteiger partial charge is 0.477 e. The van der Waals surface area contributed by atoms with Crippen LogP contribution in [0.1, 0.15) is 10.5 Å². The maximum Gasteiger partial charge on any atom is 0.354 e. The minimum atomic E-state index is -1.27. The van der Waals surface area contributed by atoms with Crippen molar-refractivity contribution in [2.45, 2.75) is 0 Å². The van der Waals surface area contributed by atoms with E-state index in [1.54, 1.807) is 12.1 Å². The molecule has 0 spiro atoms. The fourth-order valence-corrected chi connectivity index (χ4v) is 1.82. The van der Waals surface area contributed by atoms with Crippen molar-refractivity contribution < 1.29 is 49.2 Å². The third-order valence-electron chi connectivity index (χ3n) is 2.91. The zero-order valence-corrected chi connectivity index (χ0v) is 15.0. The quantitative estimate of drug-likeness (QED) is 0.498. The molecule has 0 unspecified atom stereocenters. The van der Waals surface area contributed by atoms with Crippen molar-refractivity contribution in [2.24, 2.45) is 0 Å². The summed E-state index contributed by atoms with van der Waals surface area (Å²) in [7, 11) is 0. The number of hydrogen-bond acceptors (Lipinski definition) is 5. The van der Waals surface area contributed by atoms with Gasteiger partial charge in [0.05, 0.1) is 23.1 Å². The second-order valence-corrected chi connectivity index (χ2v) is 4.66. The fraction of sp³-hybridized carbons (Fsp3) is 0. The van der Waals surface area contributed by atoms with E-state index in [0.29, 0.717) is 6.07 Å². The number of carboxylic acids is 1. The summed E-state index contributed by atoms with van der Waals surface area (Å²) in [5.41, 5.74) is -0.287. The Kier molecular flexibility index (Phi) is 6.35. The van der Waals surface area contributed by atoms with E-state index in [0.717, 1.165) is 0 Å². The van der Waals surface area contributed by atoms with Crippen molar-refractivity contribution in [3.8, 4) is 23.3 Å². The Morgan fingerprint density at radius 2 is 1.65 bits per heavy atom. The summed E-state index contributed by atoms with van der Waals surface area (Å²) >= 11 is 0. The van der Waals surface area contributed by atoms with Crippen molar-refractivity contribution in [3.63, 3.8) is 0 Å². The van der Waals surface area contributed by atoms with Gasteiger partial charge >= 0.3 is 5.97 Å². The van der Waals surface area contributed by atoms with E-state index >= 15 is 0 Å². The number of aromatic nitrogens is 2. The molecule has 0 fully saturated rings. The topological polar surface area (TPSA) is 81.5 Å². The molecule has 2 aromatic heterocycles. The molecule has 3 aromatic rings. The third kappa shape index (κ3) is 4.61. The van der Waals surface area contributed by atoms with E-state index in [2.05, 4.69) is 16.0 Å². The summed E-state index contributed by atoms with van der Waals surface area (Å²) in [4.78, 5) is 18.4. The van der Waals surface area contributed by atoms with Crippen LogP contribution in [-0.2, 0) is 21.1 Å². The molecular weight excluding hydrogens is 529 g/mol. The molecule has 0 aliphatic heterocycles. The molecule has 0 aliphatic carbocycles. The summed E-state index contributed by atoms with van der Waals surface area (Å²) in [6.07, 6.45) is 1.44. The van der Waals surface area contributed by atoms with E-state index < -0.39 is 29.1 Å². The van der Waals surface area contributed by atoms with Gasteiger partial charge in [-0.25, -0.2) is 14.8 Å². The number of carbonyl (C=O) groups is 1. The minimum absolute atomic E-state index is 0. The zero-order chi connectivity index (χ0) is 17.8. The van der Waals surface area contributed by atoms with Crippen LogP contribution in [0.5, 0.6) is 23.3 Å². The van der Waals surface area contributed by atoms with Gasteiger partial charge in [-0.2, -0.15) is 0 Å². The first-order valence-electron chi connectivity index (χ1n) is 6.91. The molecule has 0 bridgehead atoms. The average Bonchev–Trinajstić information content (AvgIpc) is 2.60. The van der Waals surface area contributed by atoms with E-state index in [1.165, 1.54) is 30.5 Å². The molecule has 0 amide bonds. The summed E-state index contributed by atoms with van der Waals surface area (Å²) in [5, 5.41) is 8.90. The van der Waals surface area contributed by atoms with Crippen molar-refractivity contribution in [1.29, 1.82) is 0 Å². The SMILES string of the molecule is O=C(O)c1cccc(Oc2[c-]c(Oc3ccccn3)c(F)cc2F)n1.[Pt]. The van der Waals surface area contributed by atoms with Crippen LogP contribution in [0.25, 0.3) is 0 Å². The predicted octanol–water partition coefficient (Wildman–Crippen LogP) is 3.84. The van der Waals surface area contributed by atoms with Crippen LogP contribution < -0.4 is 9.47 Å². The number of hydrogen-bond donors (Lipinski definition) is 1. The molecule has 1 aromatic carbocycles. The maximum atomic E-state index is 13.9. The summed E-state index contributed by atoms with van der Waals surface area (Å²) < 4.78 is 38.1. The Morgan fingerprint density at radius 3 is 2.27 bits per heavy atom. The average molecular weight is 538 g/mol. The fourth-order valence-electron chi connectivity index (χ4n) is 1.82. The maximum absolute atomic E-state index is 13.9. The molecule has 9 heteroatoms. The van der Waals surface area contributed by atoms with Gasteiger partial charge in [0.2, 0.25) is 11.8 Å².